The van der Waals surface area contributed by atoms with Gasteiger partial charge in [-0.2, -0.15) is 12.7 Å². The van der Waals surface area contributed by atoms with Crippen molar-refractivity contribution >= 4 is 43.5 Å². The van der Waals surface area contributed by atoms with Gasteiger partial charge in [-0.3, -0.25) is 4.79 Å². The Hall–Kier alpha value is -3.62. The third-order valence-electron chi connectivity index (χ3n) is 4.80. The van der Waals surface area contributed by atoms with Crippen LogP contribution < -0.4 is 14.3 Å². The van der Waals surface area contributed by atoms with E-state index in [1.807, 2.05) is 0 Å². The SMILES string of the molecule is Cc1cc(C)nc(NS(=O)(=O)c2ccc(NC(=O)CN(c3ccc(F)cc3)S(=O)(=O)N(C)C)cc2)n1. The topological polar surface area (TPSA) is 142 Å². The number of aryl methyl sites for hydroxylation is 2. The lowest BCUT2D eigenvalue weighted by atomic mass is 10.3. The van der Waals surface area contributed by atoms with Crippen molar-refractivity contribution in [2.75, 3.05) is 35.0 Å². The largest absolute Gasteiger partial charge is 0.325 e. The van der Waals surface area contributed by atoms with E-state index in [9.17, 15) is 26.0 Å². The Bertz CT molecular complexity index is 1440. The van der Waals surface area contributed by atoms with Crippen LogP contribution in [0.2, 0.25) is 0 Å². The van der Waals surface area contributed by atoms with Crippen LogP contribution in [0, 0.1) is 19.7 Å². The minimum absolute atomic E-state index is 0.0622. The van der Waals surface area contributed by atoms with Crippen molar-refractivity contribution < 1.29 is 26.0 Å². The molecule has 14 heteroatoms. The molecule has 0 radical (unpaired) electrons. The molecule has 0 spiro atoms. The van der Waals surface area contributed by atoms with E-state index >= 15 is 0 Å². The first-order valence-corrected chi connectivity index (χ1v) is 13.4. The standard InChI is InChI=1S/C22H25FN6O5S2/c1-15-13-16(2)25-22(24-15)27-35(31,32)20-11-7-18(8-12-20)26-21(30)14-29(36(33,34)28(3)4)19-9-5-17(23)6-10-19/h5-13H,14H2,1-4H3,(H,26,30)(H,24,25,27). The predicted octanol–water partition coefficient (Wildman–Crippen LogP) is 2.28. The Morgan fingerprint density at radius 2 is 1.47 bits per heavy atom. The highest BCUT2D eigenvalue weighted by molar-refractivity contribution is 7.92. The quantitative estimate of drug-likeness (QED) is 0.427. The van der Waals surface area contributed by atoms with Crippen molar-refractivity contribution in [1.82, 2.24) is 14.3 Å². The molecule has 0 aliphatic rings. The molecule has 1 amide bonds. The minimum atomic E-state index is -4.07. The number of carbonyl (C=O) groups is 1. The highest BCUT2D eigenvalue weighted by Crippen LogP contribution is 2.21. The molecule has 1 aromatic heterocycles. The maximum atomic E-state index is 13.3. The van der Waals surface area contributed by atoms with Crippen LogP contribution in [0.4, 0.5) is 21.7 Å². The van der Waals surface area contributed by atoms with E-state index < -0.39 is 38.5 Å². The van der Waals surface area contributed by atoms with E-state index in [0.717, 1.165) is 20.7 Å². The minimum Gasteiger partial charge on any atom is -0.325 e. The lowest BCUT2D eigenvalue weighted by molar-refractivity contribution is -0.114. The molecule has 2 aromatic carbocycles. The number of hydrogen-bond donors (Lipinski definition) is 2. The molecule has 3 rings (SSSR count). The second-order valence-electron chi connectivity index (χ2n) is 7.93. The van der Waals surface area contributed by atoms with E-state index in [0.29, 0.717) is 11.4 Å². The maximum absolute atomic E-state index is 13.3. The summed E-state index contributed by atoms with van der Waals surface area (Å²) in [6, 6.07) is 11.6. The van der Waals surface area contributed by atoms with Crippen LogP contribution in [0.5, 0.6) is 0 Å². The van der Waals surface area contributed by atoms with Crippen LogP contribution in [0.25, 0.3) is 0 Å². The molecule has 0 aliphatic heterocycles. The zero-order valence-corrected chi connectivity index (χ0v) is 21.6. The third-order valence-corrected chi connectivity index (χ3v) is 7.96. The van der Waals surface area contributed by atoms with Crippen LogP contribution in [-0.4, -0.2) is 57.7 Å². The second kappa shape index (κ2) is 10.6. The Labute approximate surface area is 209 Å². The molecule has 0 saturated heterocycles. The third kappa shape index (κ3) is 6.53. The molecular formula is C22H25FN6O5S2. The highest BCUT2D eigenvalue weighted by Gasteiger charge is 2.27. The summed E-state index contributed by atoms with van der Waals surface area (Å²) in [5.41, 5.74) is 1.54. The van der Waals surface area contributed by atoms with Crippen LogP contribution in [0.15, 0.2) is 59.5 Å². The Morgan fingerprint density at radius 3 is 2.00 bits per heavy atom. The van der Waals surface area contributed by atoms with Crippen molar-refractivity contribution in [3.8, 4) is 0 Å². The van der Waals surface area contributed by atoms with Gasteiger partial charge in [0.2, 0.25) is 11.9 Å². The lowest BCUT2D eigenvalue weighted by Gasteiger charge is -2.26. The van der Waals surface area contributed by atoms with Crippen molar-refractivity contribution in [2.24, 2.45) is 0 Å². The number of sulfonamides is 1. The van der Waals surface area contributed by atoms with Gasteiger partial charge < -0.3 is 5.32 Å². The lowest BCUT2D eigenvalue weighted by Crippen LogP contribution is -2.44. The first-order chi connectivity index (χ1) is 16.8. The molecule has 0 saturated carbocycles. The summed E-state index contributed by atoms with van der Waals surface area (Å²) in [4.78, 5) is 20.7. The monoisotopic (exact) mass is 536 g/mol. The van der Waals surface area contributed by atoms with E-state index in [1.165, 1.54) is 50.5 Å². The van der Waals surface area contributed by atoms with Crippen LogP contribution in [0.3, 0.4) is 0 Å². The summed E-state index contributed by atoms with van der Waals surface area (Å²) >= 11 is 0. The fourth-order valence-corrected chi connectivity index (χ4v) is 5.12. The number of aromatic nitrogens is 2. The number of nitrogens with one attached hydrogen (secondary N) is 2. The number of anilines is 3. The van der Waals surface area contributed by atoms with Gasteiger partial charge in [-0.15, -0.1) is 0 Å². The van der Waals surface area contributed by atoms with Gasteiger partial charge in [0, 0.05) is 31.2 Å². The molecule has 1 heterocycles. The van der Waals surface area contributed by atoms with Crippen molar-refractivity contribution in [1.29, 1.82) is 0 Å². The fourth-order valence-electron chi connectivity index (χ4n) is 3.11. The maximum Gasteiger partial charge on any atom is 0.304 e. The Morgan fingerprint density at radius 1 is 0.917 bits per heavy atom. The number of carbonyl (C=O) groups excluding carboxylic acids is 1. The molecule has 0 fully saturated rings. The van der Waals surface area contributed by atoms with Crippen LogP contribution >= 0.6 is 0 Å². The van der Waals surface area contributed by atoms with Crippen LogP contribution in [0.1, 0.15) is 11.4 Å². The summed E-state index contributed by atoms with van der Waals surface area (Å²) in [7, 11) is -5.45. The molecule has 0 bridgehead atoms. The normalized spacial score (nSPS) is 11.8. The highest BCUT2D eigenvalue weighted by atomic mass is 32.2. The van der Waals surface area contributed by atoms with Gasteiger partial charge in [-0.05, 0) is 68.4 Å². The number of nitrogens with zero attached hydrogens (tertiary/aromatic N) is 4. The van der Waals surface area contributed by atoms with Gasteiger partial charge in [0.15, 0.2) is 0 Å². The molecule has 0 unspecified atom stereocenters. The predicted molar refractivity (Wildman–Crippen MR) is 134 cm³/mol. The summed E-state index contributed by atoms with van der Waals surface area (Å²) in [5, 5.41) is 2.53. The fraction of sp³-hybridized carbons (Fsp3) is 0.227. The average Bonchev–Trinajstić information content (AvgIpc) is 2.77. The zero-order chi connectivity index (χ0) is 26.7. The molecule has 3 aromatic rings. The molecule has 11 nitrogen and oxygen atoms in total. The van der Waals surface area contributed by atoms with E-state index in [1.54, 1.807) is 19.9 Å². The van der Waals surface area contributed by atoms with Crippen molar-refractivity contribution in [2.45, 2.75) is 18.7 Å². The van der Waals surface area contributed by atoms with Gasteiger partial charge in [-0.25, -0.2) is 31.8 Å². The van der Waals surface area contributed by atoms with Crippen molar-refractivity contribution in [3.05, 3.63) is 71.8 Å². The average molecular weight is 537 g/mol. The first kappa shape index (κ1) is 27.0. The smallest absolute Gasteiger partial charge is 0.304 e. The second-order valence-corrected chi connectivity index (χ2v) is 11.7. The Balaban J connectivity index is 1.75. The molecule has 0 atom stereocenters. The Kier molecular flexibility index (Phi) is 7.91. The number of benzene rings is 2. The molecule has 192 valence electrons. The van der Waals surface area contributed by atoms with Crippen LogP contribution in [-0.2, 0) is 25.0 Å². The first-order valence-electron chi connectivity index (χ1n) is 10.5. The summed E-state index contributed by atoms with van der Waals surface area (Å²) in [5.74, 6) is -1.31. The van der Waals surface area contributed by atoms with Crippen molar-refractivity contribution in [3.63, 3.8) is 0 Å². The number of rotatable bonds is 9. The van der Waals surface area contributed by atoms with E-state index in [4.69, 9.17) is 0 Å². The molecule has 0 aliphatic carbocycles. The van der Waals surface area contributed by atoms with Gasteiger partial charge >= 0.3 is 10.2 Å². The summed E-state index contributed by atoms with van der Waals surface area (Å²) < 4.78 is 68.2. The van der Waals surface area contributed by atoms with E-state index in [2.05, 4.69) is 20.0 Å². The van der Waals surface area contributed by atoms with Gasteiger partial charge in [0.05, 0.1) is 10.6 Å². The number of halogens is 1. The number of hydrogen-bond acceptors (Lipinski definition) is 7. The summed E-state index contributed by atoms with van der Waals surface area (Å²) in [6.07, 6.45) is 0. The van der Waals surface area contributed by atoms with Gasteiger partial charge in [0.25, 0.3) is 10.0 Å². The molecule has 2 N–H and O–H groups in total. The van der Waals surface area contributed by atoms with Gasteiger partial charge in [-0.1, -0.05) is 0 Å². The summed E-state index contributed by atoms with van der Waals surface area (Å²) in [6.45, 7) is 2.83. The van der Waals surface area contributed by atoms with E-state index in [-0.39, 0.29) is 22.2 Å². The van der Waals surface area contributed by atoms with Gasteiger partial charge in [0.1, 0.15) is 12.4 Å². The molecule has 36 heavy (non-hydrogen) atoms. The number of amides is 1. The molecular weight excluding hydrogens is 511 g/mol. The zero-order valence-electron chi connectivity index (χ0n) is 19.9.